The van der Waals surface area contributed by atoms with Crippen LogP contribution in [0.5, 0.6) is 11.5 Å². The molecule has 0 unspecified atom stereocenters. The van der Waals surface area contributed by atoms with E-state index in [1.54, 1.807) is 36.4 Å². The molecular weight excluding hydrogens is 512 g/mol. The fraction of sp³-hybridized carbons (Fsp3) is 0.154. The number of carbonyl (C=O) groups excluding carboxylic acids is 2. The van der Waals surface area contributed by atoms with Crippen LogP contribution in [0.25, 0.3) is 0 Å². The number of carbonyl (C=O) groups is 2. The Morgan fingerprint density at radius 2 is 1.77 bits per heavy atom. The monoisotopic (exact) mass is 534 g/mol. The van der Waals surface area contributed by atoms with Crippen molar-refractivity contribution in [2.24, 2.45) is 5.10 Å². The lowest BCUT2D eigenvalue weighted by atomic mass is 10.1. The molecule has 8 nitrogen and oxygen atoms in total. The van der Waals surface area contributed by atoms with Crippen LogP contribution in [-0.2, 0) is 22.6 Å². The molecule has 0 saturated carbocycles. The molecule has 0 atom stereocenters. The summed E-state index contributed by atoms with van der Waals surface area (Å²) in [6, 6.07) is 22.0. The molecule has 0 bridgehead atoms. The van der Waals surface area contributed by atoms with Crippen LogP contribution in [0.15, 0.2) is 76.3 Å². The van der Waals surface area contributed by atoms with Gasteiger partial charge in [0.1, 0.15) is 6.61 Å². The molecule has 0 fully saturated rings. The number of ether oxygens (including phenoxy) is 2. The molecule has 35 heavy (non-hydrogen) atoms. The van der Waals surface area contributed by atoms with Gasteiger partial charge in [-0.1, -0.05) is 42.5 Å². The fourth-order valence-electron chi connectivity index (χ4n) is 3.00. The molecule has 3 aromatic carbocycles. The SMILES string of the molecule is CCOc1cc(/C=N/NC(=O)C(=O)Nc2ccc(CC#N)cc2)cc(Br)c1OCc1ccccc1. The summed E-state index contributed by atoms with van der Waals surface area (Å²) in [5, 5.41) is 15.1. The van der Waals surface area contributed by atoms with Gasteiger partial charge in [0.2, 0.25) is 0 Å². The summed E-state index contributed by atoms with van der Waals surface area (Å²) in [7, 11) is 0. The number of hydrogen-bond acceptors (Lipinski definition) is 6. The van der Waals surface area contributed by atoms with Crippen molar-refractivity contribution in [2.45, 2.75) is 20.0 Å². The van der Waals surface area contributed by atoms with Crippen molar-refractivity contribution in [3.63, 3.8) is 0 Å². The molecule has 9 heteroatoms. The maximum Gasteiger partial charge on any atom is 0.329 e. The van der Waals surface area contributed by atoms with Crippen molar-refractivity contribution >= 4 is 39.6 Å². The molecule has 2 amide bonds. The second kappa shape index (κ2) is 12.9. The van der Waals surface area contributed by atoms with Crippen LogP contribution in [0.4, 0.5) is 5.69 Å². The van der Waals surface area contributed by atoms with Gasteiger partial charge in [0.15, 0.2) is 11.5 Å². The smallest absolute Gasteiger partial charge is 0.329 e. The molecule has 3 aromatic rings. The predicted molar refractivity (Wildman–Crippen MR) is 136 cm³/mol. The third kappa shape index (κ3) is 7.69. The number of nitrogens with one attached hydrogen (secondary N) is 2. The quantitative estimate of drug-likeness (QED) is 0.237. The van der Waals surface area contributed by atoms with E-state index in [0.29, 0.717) is 40.4 Å². The molecule has 3 rings (SSSR count). The molecule has 0 aliphatic rings. The highest BCUT2D eigenvalue weighted by Gasteiger charge is 2.14. The molecule has 0 aliphatic carbocycles. The first-order chi connectivity index (χ1) is 17.0. The zero-order valence-electron chi connectivity index (χ0n) is 19.0. The minimum Gasteiger partial charge on any atom is -0.490 e. The second-order valence-corrected chi connectivity index (χ2v) is 8.08. The molecule has 0 radical (unpaired) electrons. The first kappa shape index (κ1) is 25.5. The average Bonchev–Trinajstić information content (AvgIpc) is 2.85. The van der Waals surface area contributed by atoms with E-state index in [1.807, 2.05) is 43.3 Å². The molecule has 2 N–H and O–H groups in total. The Labute approximate surface area is 211 Å². The number of benzene rings is 3. The van der Waals surface area contributed by atoms with Crippen molar-refractivity contribution in [1.29, 1.82) is 5.26 Å². The molecule has 0 aliphatic heterocycles. The van der Waals surface area contributed by atoms with E-state index in [-0.39, 0.29) is 6.42 Å². The van der Waals surface area contributed by atoms with Gasteiger partial charge in [-0.3, -0.25) is 9.59 Å². The number of nitriles is 1. The first-order valence-corrected chi connectivity index (χ1v) is 11.5. The number of rotatable bonds is 9. The highest BCUT2D eigenvalue weighted by Crippen LogP contribution is 2.37. The van der Waals surface area contributed by atoms with Crippen LogP contribution in [0, 0.1) is 11.3 Å². The molecule has 0 saturated heterocycles. The zero-order chi connectivity index (χ0) is 25.0. The lowest BCUT2D eigenvalue weighted by Gasteiger charge is -2.14. The van der Waals surface area contributed by atoms with E-state index in [9.17, 15) is 9.59 Å². The van der Waals surface area contributed by atoms with Crippen LogP contribution >= 0.6 is 15.9 Å². The zero-order valence-corrected chi connectivity index (χ0v) is 20.5. The van der Waals surface area contributed by atoms with Gasteiger partial charge < -0.3 is 14.8 Å². The number of hydrogen-bond donors (Lipinski definition) is 2. The minimum atomic E-state index is -0.922. The number of hydrazone groups is 1. The van der Waals surface area contributed by atoms with Gasteiger partial charge in [-0.05, 0) is 63.8 Å². The van der Waals surface area contributed by atoms with E-state index < -0.39 is 11.8 Å². The Morgan fingerprint density at radius 1 is 1.03 bits per heavy atom. The van der Waals surface area contributed by atoms with Gasteiger partial charge in [0.05, 0.1) is 29.8 Å². The summed E-state index contributed by atoms with van der Waals surface area (Å²) in [6.45, 7) is 2.67. The first-order valence-electron chi connectivity index (χ1n) is 10.7. The van der Waals surface area contributed by atoms with Gasteiger partial charge in [0, 0.05) is 5.69 Å². The Hall–Kier alpha value is -4.16. The summed E-state index contributed by atoms with van der Waals surface area (Å²) in [6.07, 6.45) is 1.67. The number of amides is 2. The lowest BCUT2D eigenvalue weighted by molar-refractivity contribution is -0.136. The molecule has 0 spiro atoms. The van der Waals surface area contributed by atoms with Gasteiger partial charge in [0.25, 0.3) is 0 Å². The van der Waals surface area contributed by atoms with E-state index in [2.05, 4.69) is 31.8 Å². The van der Waals surface area contributed by atoms with Crippen molar-refractivity contribution in [1.82, 2.24) is 5.43 Å². The third-order valence-electron chi connectivity index (χ3n) is 4.64. The van der Waals surface area contributed by atoms with Gasteiger partial charge in [-0.2, -0.15) is 10.4 Å². The third-order valence-corrected chi connectivity index (χ3v) is 5.23. The maximum absolute atomic E-state index is 12.1. The van der Waals surface area contributed by atoms with E-state index in [0.717, 1.165) is 11.1 Å². The molecular formula is C26H23BrN4O4. The largest absolute Gasteiger partial charge is 0.490 e. The van der Waals surface area contributed by atoms with E-state index in [1.165, 1.54) is 6.21 Å². The summed E-state index contributed by atoms with van der Waals surface area (Å²) >= 11 is 3.50. The van der Waals surface area contributed by atoms with Gasteiger partial charge in [-0.15, -0.1) is 0 Å². The van der Waals surface area contributed by atoms with Crippen LogP contribution in [-0.4, -0.2) is 24.6 Å². The van der Waals surface area contributed by atoms with Crippen molar-refractivity contribution in [3.8, 4) is 17.6 Å². The summed E-state index contributed by atoms with van der Waals surface area (Å²) in [5.74, 6) is -0.717. The van der Waals surface area contributed by atoms with Crippen molar-refractivity contribution in [3.05, 3.63) is 87.9 Å². The molecule has 0 heterocycles. The number of halogens is 1. The Bertz CT molecular complexity index is 1240. The molecule has 178 valence electrons. The van der Waals surface area contributed by atoms with Crippen molar-refractivity contribution < 1.29 is 19.1 Å². The van der Waals surface area contributed by atoms with E-state index in [4.69, 9.17) is 14.7 Å². The van der Waals surface area contributed by atoms with Crippen LogP contribution < -0.4 is 20.2 Å². The normalized spacial score (nSPS) is 10.4. The number of anilines is 1. The predicted octanol–water partition coefficient (Wildman–Crippen LogP) is 4.58. The van der Waals surface area contributed by atoms with Crippen LogP contribution in [0.1, 0.15) is 23.6 Å². The Balaban J connectivity index is 1.61. The van der Waals surface area contributed by atoms with Gasteiger partial charge in [-0.25, -0.2) is 5.43 Å². The topological polar surface area (TPSA) is 113 Å². The van der Waals surface area contributed by atoms with Crippen LogP contribution in [0.2, 0.25) is 0 Å². The average molecular weight is 535 g/mol. The summed E-state index contributed by atoms with van der Waals surface area (Å²) in [5.41, 5.74) is 5.10. The summed E-state index contributed by atoms with van der Waals surface area (Å²) in [4.78, 5) is 24.2. The highest BCUT2D eigenvalue weighted by molar-refractivity contribution is 9.10. The van der Waals surface area contributed by atoms with Crippen molar-refractivity contribution in [2.75, 3.05) is 11.9 Å². The van der Waals surface area contributed by atoms with E-state index >= 15 is 0 Å². The fourth-order valence-corrected chi connectivity index (χ4v) is 3.57. The maximum atomic E-state index is 12.1. The second-order valence-electron chi connectivity index (χ2n) is 7.22. The highest BCUT2D eigenvalue weighted by atomic mass is 79.9. The lowest BCUT2D eigenvalue weighted by Crippen LogP contribution is -2.32. The van der Waals surface area contributed by atoms with Gasteiger partial charge >= 0.3 is 11.8 Å². The standard InChI is InChI=1S/C26H23BrN4O4/c1-2-34-23-15-20(14-22(27)24(23)35-17-19-6-4-3-5-7-19)16-29-31-26(33)25(32)30-21-10-8-18(9-11-21)12-13-28/h3-11,14-16H,2,12,17H2,1H3,(H,30,32)(H,31,33)/b29-16+. The number of nitrogens with zero attached hydrogens (tertiary/aromatic N) is 2. The summed E-state index contributed by atoms with van der Waals surface area (Å²) < 4.78 is 12.3. The Kier molecular flexibility index (Phi) is 9.39. The molecule has 0 aromatic heterocycles. The van der Waals surface area contributed by atoms with Crippen LogP contribution in [0.3, 0.4) is 0 Å². The minimum absolute atomic E-state index is 0.269. The Morgan fingerprint density at radius 3 is 2.46 bits per heavy atom.